The maximum Gasteiger partial charge on any atom is 0.397 e. The average Bonchev–Trinajstić information content (AvgIpc) is 3.33. The van der Waals surface area contributed by atoms with Crippen LogP contribution in [0.15, 0.2) is 48.9 Å². The van der Waals surface area contributed by atoms with E-state index in [4.69, 9.17) is 4.74 Å². The van der Waals surface area contributed by atoms with Gasteiger partial charge in [0.1, 0.15) is 18.6 Å². The second-order valence-corrected chi connectivity index (χ2v) is 9.25. The van der Waals surface area contributed by atoms with Crippen molar-refractivity contribution in [2.24, 2.45) is 0 Å². The van der Waals surface area contributed by atoms with Gasteiger partial charge in [0, 0.05) is 50.0 Å². The smallest absolute Gasteiger partial charge is 0.397 e. The van der Waals surface area contributed by atoms with Crippen LogP contribution >= 0.6 is 0 Å². The van der Waals surface area contributed by atoms with E-state index in [0.717, 1.165) is 27.9 Å². The second-order valence-electron chi connectivity index (χ2n) is 9.25. The molecule has 0 unspecified atom stereocenters. The lowest BCUT2D eigenvalue weighted by molar-refractivity contribution is -0.162. The Morgan fingerprint density at radius 2 is 1.90 bits per heavy atom. The maximum atomic E-state index is 12.6. The molecule has 1 fully saturated rings. The van der Waals surface area contributed by atoms with Gasteiger partial charge in [0.25, 0.3) is 0 Å². The van der Waals surface area contributed by atoms with Gasteiger partial charge in [-0.05, 0) is 36.8 Å². The Hall–Kier alpha value is -4.26. The van der Waals surface area contributed by atoms with Crippen LogP contribution in [-0.4, -0.2) is 80.1 Å². The summed E-state index contributed by atoms with van der Waals surface area (Å²) in [4.78, 5) is 36.0. The molecule has 1 atom stereocenters. The highest BCUT2D eigenvalue weighted by Crippen LogP contribution is 2.28. The number of aromatic amines is 1. The lowest BCUT2D eigenvalue weighted by Crippen LogP contribution is -2.50. The highest BCUT2D eigenvalue weighted by Gasteiger charge is 2.35. The number of benzene rings is 1. The summed E-state index contributed by atoms with van der Waals surface area (Å²) in [6.07, 6.45) is -2.76. The van der Waals surface area contributed by atoms with Crippen molar-refractivity contribution in [3.05, 3.63) is 54.5 Å². The van der Waals surface area contributed by atoms with Crippen LogP contribution in [0.4, 0.5) is 24.9 Å². The minimum Gasteiger partial charge on any atom is -0.481 e. The van der Waals surface area contributed by atoms with Crippen molar-refractivity contribution < 1.29 is 22.7 Å². The Bertz CT molecular complexity index is 1470. The number of aromatic nitrogens is 5. The van der Waals surface area contributed by atoms with E-state index in [1.54, 1.807) is 19.4 Å². The molecule has 3 aromatic heterocycles. The standard InChI is InChI=1S/C26H27F3N8O2/c1-16(36-7-9-37(10-8-36)24(38)14-26(27,28)29)17-5-6-30-22(12-17)35-25-33-19-4-3-18(11-21(19)34-25)20-13-23(39-2)32-15-31-20/h3-6,11-13,15-16H,7-10,14H2,1-2H3,(H2,30,33,34,35)/t16-/m0/s1. The lowest BCUT2D eigenvalue weighted by atomic mass is 10.1. The minimum absolute atomic E-state index is 0.0171. The van der Waals surface area contributed by atoms with Crippen molar-refractivity contribution in [1.29, 1.82) is 0 Å². The van der Waals surface area contributed by atoms with Gasteiger partial charge in [0.15, 0.2) is 0 Å². The Morgan fingerprint density at radius 1 is 1.10 bits per heavy atom. The number of hydrogen-bond acceptors (Lipinski definition) is 8. The number of methoxy groups -OCH3 is 1. The van der Waals surface area contributed by atoms with Gasteiger partial charge in [-0.15, -0.1) is 0 Å². The summed E-state index contributed by atoms with van der Waals surface area (Å²) in [5.74, 6) is 0.721. The van der Waals surface area contributed by atoms with Crippen LogP contribution in [0.3, 0.4) is 0 Å². The van der Waals surface area contributed by atoms with Crippen molar-refractivity contribution in [1.82, 2.24) is 34.7 Å². The molecule has 5 rings (SSSR count). The van der Waals surface area contributed by atoms with Gasteiger partial charge >= 0.3 is 6.18 Å². The van der Waals surface area contributed by atoms with Crippen LogP contribution in [-0.2, 0) is 4.79 Å². The molecule has 4 heterocycles. The molecule has 1 aliphatic heterocycles. The first-order valence-electron chi connectivity index (χ1n) is 12.4. The lowest BCUT2D eigenvalue weighted by Gasteiger charge is -2.38. The topological polar surface area (TPSA) is 112 Å². The number of imidazole rings is 1. The normalized spacial score (nSPS) is 15.4. The molecule has 0 saturated carbocycles. The van der Waals surface area contributed by atoms with Gasteiger partial charge < -0.3 is 19.9 Å². The fourth-order valence-corrected chi connectivity index (χ4v) is 4.59. The molecule has 204 valence electrons. The van der Waals surface area contributed by atoms with Crippen LogP contribution in [0.5, 0.6) is 5.88 Å². The first kappa shape index (κ1) is 26.4. The number of pyridine rings is 1. The predicted molar refractivity (Wildman–Crippen MR) is 138 cm³/mol. The van der Waals surface area contributed by atoms with Gasteiger partial charge in [-0.3, -0.25) is 9.69 Å². The average molecular weight is 541 g/mol. The fourth-order valence-electron chi connectivity index (χ4n) is 4.59. The summed E-state index contributed by atoms with van der Waals surface area (Å²) in [6, 6.07) is 11.3. The van der Waals surface area contributed by atoms with E-state index in [2.05, 4.69) is 35.1 Å². The first-order valence-corrected chi connectivity index (χ1v) is 12.4. The molecule has 13 heteroatoms. The maximum absolute atomic E-state index is 12.6. The number of nitrogens with one attached hydrogen (secondary N) is 2. The molecule has 4 aromatic rings. The number of fused-ring (bicyclic) bond motifs is 1. The summed E-state index contributed by atoms with van der Waals surface area (Å²) in [5.41, 5.74) is 4.17. The number of rotatable bonds is 7. The number of carbonyl (C=O) groups excluding carboxylic acids is 1. The molecular formula is C26H27F3N8O2. The summed E-state index contributed by atoms with van der Waals surface area (Å²) in [6.45, 7) is 3.52. The summed E-state index contributed by atoms with van der Waals surface area (Å²) in [5, 5.41) is 3.21. The van der Waals surface area contributed by atoms with Crippen molar-refractivity contribution in [2.75, 3.05) is 38.6 Å². The summed E-state index contributed by atoms with van der Waals surface area (Å²) < 4.78 is 42.9. The molecule has 1 aromatic carbocycles. The third-order valence-electron chi connectivity index (χ3n) is 6.71. The Balaban J connectivity index is 1.25. The number of piperazine rings is 1. The van der Waals surface area contributed by atoms with Crippen LogP contribution in [0, 0.1) is 0 Å². The van der Waals surface area contributed by atoms with Gasteiger partial charge in [-0.2, -0.15) is 13.2 Å². The van der Waals surface area contributed by atoms with Gasteiger partial charge in [-0.25, -0.2) is 19.9 Å². The molecule has 0 aliphatic carbocycles. The number of anilines is 2. The van der Waals surface area contributed by atoms with E-state index < -0.39 is 18.5 Å². The highest BCUT2D eigenvalue weighted by atomic mass is 19.4. The number of amides is 1. The molecule has 1 aliphatic rings. The molecule has 39 heavy (non-hydrogen) atoms. The Morgan fingerprint density at radius 3 is 2.64 bits per heavy atom. The van der Waals surface area contributed by atoms with Crippen LogP contribution < -0.4 is 10.1 Å². The fraction of sp³-hybridized carbons (Fsp3) is 0.346. The van der Waals surface area contributed by atoms with Gasteiger partial charge in [0.05, 0.1) is 23.8 Å². The number of hydrogen-bond donors (Lipinski definition) is 2. The van der Waals surface area contributed by atoms with E-state index >= 15 is 0 Å². The summed E-state index contributed by atoms with van der Waals surface area (Å²) >= 11 is 0. The van der Waals surface area contributed by atoms with E-state index in [1.165, 1.54) is 11.2 Å². The molecule has 2 N–H and O–H groups in total. The molecular weight excluding hydrogens is 513 g/mol. The quantitative estimate of drug-likeness (QED) is 0.357. The number of halogens is 3. The van der Waals surface area contributed by atoms with E-state index in [9.17, 15) is 18.0 Å². The number of H-pyrrole nitrogens is 1. The Kier molecular flexibility index (Phi) is 7.33. The second kappa shape index (κ2) is 10.8. The predicted octanol–water partition coefficient (Wildman–Crippen LogP) is 4.32. The van der Waals surface area contributed by atoms with E-state index in [1.807, 2.05) is 37.3 Å². The monoisotopic (exact) mass is 540 g/mol. The zero-order chi connectivity index (χ0) is 27.6. The summed E-state index contributed by atoms with van der Waals surface area (Å²) in [7, 11) is 1.55. The van der Waals surface area contributed by atoms with Crippen molar-refractivity contribution in [3.63, 3.8) is 0 Å². The molecule has 0 bridgehead atoms. The molecule has 10 nitrogen and oxygen atoms in total. The SMILES string of the molecule is COc1cc(-c2ccc3nc(Nc4cc([C@H](C)N5CCN(C(=O)CC(F)(F)F)CC5)ccn4)[nH]c3c2)ncn1. The first-order chi connectivity index (χ1) is 18.7. The number of nitrogens with zero attached hydrogens (tertiary/aromatic N) is 6. The Labute approximate surface area is 222 Å². The van der Waals surface area contributed by atoms with Crippen molar-refractivity contribution in [2.45, 2.75) is 25.6 Å². The van der Waals surface area contributed by atoms with Crippen LogP contribution in [0.2, 0.25) is 0 Å². The van der Waals surface area contributed by atoms with Crippen molar-refractivity contribution >= 4 is 28.7 Å². The molecule has 1 saturated heterocycles. The third kappa shape index (κ3) is 6.25. The van der Waals surface area contributed by atoms with Crippen LogP contribution in [0.25, 0.3) is 22.3 Å². The molecule has 0 spiro atoms. The molecule has 1 amide bonds. The zero-order valence-corrected chi connectivity index (χ0v) is 21.4. The minimum atomic E-state index is -4.49. The zero-order valence-electron chi connectivity index (χ0n) is 21.4. The largest absolute Gasteiger partial charge is 0.481 e. The third-order valence-corrected chi connectivity index (χ3v) is 6.71. The highest BCUT2D eigenvalue weighted by molar-refractivity contribution is 5.83. The number of ether oxygens (including phenoxy) is 1. The van der Waals surface area contributed by atoms with Gasteiger partial charge in [-0.1, -0.05) is 6.07 Å². The van der Waals surface area contributed by atoms with Crippen molar-refractivity contribution in [3.8, 4) is 17.1 Å². The van der Waals surface area contributed by atoms with E-state index in [-0.39, 0.29) is 19.1 Å². The van der Waals surface area contributed by atoms with E-state index in [0.29, 0.717) is 30.7 Å². The van der Waals surface area contributed by atoms with Crippen LogP contribution in [0.1, 0.15) is 24.9 Å². The number of carbonyl (C=O) groups is 1. The van der Waals surface area contributed by atoms with Gasteiger partial charge in [0.2, 0.25) is 17.7 Å². The number of alkyl halides is 3. The molecule has 0 radical (unpaired) electrons.